The summed E-state index contributed by atoms with van der Waals surface area (Å²) in [6.07, 6.45) is 0. The molecule has 0 saturated carbocycles. The Morgan fingerprint density at radius 3 is 2.93 bits per heavy atom. The summed E-state index contributed by atoms with van der Waals surface area (Å²) in [6, 6.07) is 2.93. The van der Waals surface area contributed by atoms with Crippen molar-refractivity contribution in [1.29, 1.82) is 0 Å². The van der Waals surface area contributed by atoms with Crippen LogP contribution in [-0.2, 0) is 0 Å². The number of H-pyrrole nitrogens is 1. The smallest absolute Gasteiger partial charge is 0.267 e. The van der Waals surface area contributed by atoms with E-state index in [0.29, 0.717) is 0 Å². The second kappa shape index (κ2) is 3.33. The Bertz CT molecular complexity index is 569. The van der Waals surface area contributed by atoms with Gasteiger partial charge in [-0.15, -0.1) is 0 Å². The van der Waals surface area contributed by atoms with E-state index in [1.54, 1.807) is 0 Å². The molecule has 3 nitrogen and oxygen atoms in total. The van der Waals surface area contributed by atoms with Crippen molar-refractivity contribution in [3.63, 3.8) is 0 Å². The maximum Gasteiger partial charge on any atom is 0.272 e. The summed E-state index contributed by atoms with van der Waals surface area (Å²) >= 11 is 8.67. The molecule has 0 radical (unpaired) electrons. The van der Waals surface area contributed by atoms with Crippen molar-refractivity contribution in [2.75, 3.05) is 0 Å². The number of benzene rings is 1. The maximum atomic E-state index is 13.5. The van der Waals surface area contributed by atoms with Crippen LogP contribution in [0.15, 0.2) is 21.4 Å². The average molecular weight is 277 g/mol. The Morgan fingerprint density at radius 1 is 1.50 bits per heavy atom. The predicted molar refractivity (Wildman–Crippen MR) is 55.0 cm³/mol. The number of hydrogen-bond acceptors (Lipinski definition) is 2. The molecule has 0 amide bonds. The SMILES string of the molecule is O=c1[nH]nc(Cl)c2c(F)c(Br)ccc12. The summed E-state index contributed by atoms with van der Waals surface area (Å²) in [5.74, 6) is -0.578. The molecule has 1 heterocycles. The van der Waals surface area contributed by atoms with E-state index in [1.165, 1.54) is 12.1 Å². The lowest BCUT2D eigenvalue weighted by Crippen LogP contribution is -2.09. The van der Waals surface area contributed by atoms with Gasteiger partial charge in [-0.05, 0) is 28.1 Å². The first kappa shape index (κ1) is 9.61. The lowest BCUT2D eigenvalue weighted by Gasteiger charge is -2.01. The van der Waals surface area contributed by atoms with Crippen molar-refractivity contribution in [2.24, 2.45) is 0 Å². The van der Waals surface area contributed by atoms with Crippen LogP contribution in [0.4, 0.5) is 4.39 Å². The Labute approximate surface area is 91.0 Å². The van der Waals surface area contributed by atoms with Gasteiger partial charge in [-0.25, -0.2) is 9.49 Å². The van der Waals surface area contributed by atoms with E-state index in [1.807, 2.05) is 0 Å². The van der Waals surface area contributed by atoms with Crippen LogP contribution in [0.2, 0.25) is 5.15 Å². The van der Waals surface area contributed by atoms with Crippen molar-refractivity contribution in [2.45, 2.75) is 0 Å². The van der Waals surface area contributed by atoms with Crippen molar-refractivity contribution >= 4 is 38.3 Å². The first-order chi connectivity index (χ1) is 6.61. The molecule has 1 N–H and O–H groups in total. The second-order valence-electron chi connectivity index (χ2n) is 2.63. The lowest BCUT2D eigenvalue weighted by molar-refractivity contribution is 0.632. The van der Waals surface area contributed by atoms with Crippen molar-refractivity contribution in [3.05, 3.63) is 37.9 Å². The molecule has 72 valence electrons. The quantitative estimate of drug-likeness (QED) is 0.804. The summed E-state index contributed by atoms with van der Waals surface area (Å²) in [5.41, 5.74) is -0.462. The molecular formula is C8H3BrClFN2O. The van der Waals surface area contributed by atoms with Gasteiger partial charge in [0.1, 0.15) is 5.82 Å². The van der Waals surface area contributed by atoms with Gasteiger partial charge in [-0.2, -0.15) is 5.10 Å². The molecule has 0 bridgehead atoms. The number of fused-ring (bicyclic) bond motifs is 1. The molecule has 0 aliphatic heterocycles. The highest BCUT2D eigenvalue weighted by molar-refractivity contribution is 9.10. The van der Waals surface area contributed by atoms with Gasteiger partial charge in [0.25, 0.3) is 5.56 Å². The molecule has 0 spiro atoms. The minimum atomic E-state index is -0.578. The third-order valence-corrected chi connectivity index (χ3v) is 2.69. The predicted octanol–water partition coefficient (Wildman–Crippen LogP) is 2.48. The fourth-order valence-electron chi connectivity index (χ4n) is 1.16. The van der Waals surface area contributed by atoms with E-state index >= 15 is 0 Å². The molecule has 1 aromatic carbocycles. The Balaban J connectivity index is 3.09. The van der Waals surface area contributed by atoms with Crippen molar-refractivity contribution in [1.82, 2.24) is 10.2 Å². The van der Waals surface area contributed by atoms with Crippen LogP contribution in [0.25, 0.3) is 10.8 Å². The zero-order valence-corrected chi connectivity index (χ0v) is 8.99. The summed E-state index contributed by atoms with van der Waals surface area (Å²) in [7, 11) is 0. The number of halogens is 3. The topological polar surface area (TPSA) is 45.8 Å². The highest BCUT2D eigenvalue weighted by Crippen LogP contribution is 2.26. The fourth-order valence-corrected chi connectivity index (χ4v) is 1.71. The van der Waals surface area contributed by atoms with Gasteiger partial charge in [0, 0.05) is 0 Å². The second-order valence-corrected chi connectivity index (χ2v) is 3.84. The van der Waals surface area contributed by atoms with Gasteiger partial charge in [0.2, 0.25) is 0 Å². The molecule has 0 saturated heterocycles. The molecule has 0 fully saturated rings. The van der Waals surface area contributed by atoms with E-state index in [9.17, 15) is 9.18 Å². The van der Waals surface area contributed by atoms with Gasteiger partial charge in [-0.3, -0.25) is 4.79 Å². The molecule has 14 heavy (non-hydrogen) atoms. The van der Waals surface area contributed by atoms with E-state index in [4.69, 9.17) is 11.6 Å². The van der Waals surface area contributed by atoms with Gasteiger partial charge >= 0.3 is 0 Å². The van der Waals surface area contributed by atoms with Crippen molar-refractivity contribution < 1.29 is 4.39 Å². The van der Waals surface area contributed by atoms with Crippen LogP contribution >= 0.6 is 27.5 Å². The van der Waals surface area contributed by atoms with E-state index in [2.05, 4.69) is 26.1 Å². The minimum Gasteiger partial charge on any atom is -0.267 e. The maximum absolute atomic E-state index is 13.5. The summed E-state index contributed by atoms with van der Waals surface area (Å²) < 4.78 is 13.8. The van der Waals surface area contributed by atoms with Crippen LogP contribution < -0.4 is 5.56 Å². The van der Waals surface area contributed by atoms with Gasteiger partial charge in [0.05, 0.1) is 15.2 Å². The largest absolute Gasteiger partial charge is 0.272 e. The Morgan fingerprint density at radius 2 is 2.21 bits per heavy atom. The van der Waals surface area contributed by atoms with Gasteiger partial charge in [0.15, 0.2) is 5.15 Å². The molecule has 0 aliphatic rings. The summed E-state index contributed by atoms with van der Waals surface area (Å²) in [5, 5.41) is 5.81. The third-order valence-electron chi connectivity index (χ3n) is 1.80. The molecule has 2 rings (SSSR count). The highest BCUT2D eigenvalue weighted by Gasteiger charge is 2.11. The zero-order chi connectivity index (χ0) is 10.3. The van der Waals surface area contributed by atoms with Crippen LogP contribution in [0.5, 0.6) is 0 Å². The molecule has 1 aromatic heterocycles. The molecule has 6 heteroatoms. The number of rotatable bonds is 0. The summed E-state index contributed by atoms with van der Waals surface area (Å²) in [4.78, 5) is 11.2. The fraction of sp³-hybridized carbons (Fsp3) is 0. The standard InChI is InChI=1S/C8H3BrClFN2O/c9-4-2-1-3-5(6(4)11)7(10)12-13-8(3)14/h1-2H,(H,13,14). The van der Waals surface area contributed by atoms with Crippen LogP contribution in [0.1, 0.15) is 0 Å². The highest BCUT2D eigenvalue weighted by atomic mass is 79.9. The third kappa shape index (κ3) is 1.33. The molecule has 2 aromatic rings. The van der Waals surface area contributed by atoms with E-state index < -0.39 is 11.4 Å². The molecular weight excluding hydrogens is 274 g/mol. The van der Waals surface area contributed by atoms with Gasteiger partial charge in [-0.1, -0.05) is 11.6 Å². The molecule has 0 atom stereocenters. The molecule has 0 aliphatic carbocycles. The van der Waals surface area contributed by atoms with E-state index in [0.717, 1.165) is 0 Å². The van der Waals surface area contributed by atoms with Crippen molar-refractivity contribution in [3.8, 4) is 0 Å². The van der Waals surface area contributed by atoms with E-state index in [-0.39, 0.29) is 20.4 Å². The van der Waals surface area contributed by atoms with Crippen LogP contribution in [0, 0.1) is 5.82 Å². The Kier molecular flexibility index (Phi) is 2.28. The van der Waals surface area contributed by atoms with Crippen LogP contribution in [-0.4, -0.2) is 10.2 Å². The number of aromatic amines is 1. The number of nitrogens with zero attached hydrogens (tertiary/aromatic N) is 1. The number of aromatic nitrogens is 2. The lowest BCUT2D eigenvalue weighted by atomic mass is 10.2. The number of hydrogen-bond donors (Lipinski definition) is 1. The van der Waals surface area contributed by atoms with Crippen LogP contribution in [0.3, 0.4) is 0 Å². The monoisotopic (exact) mass is 276 g/mol. The first-order valence-corrected chi connectivity index (χ1v) is 4.80. The minimum absolute atomic E-state index is 0.0322. The average Bonchev–Trinajstić information content (AvgIpc) is 2.16. The normalized spacial score (nSPS) is 10.8. The molecule has 0 unspecified atom stereocenters. The first-order valence-electron chi connectivity index (χ1n) is 3.63. The Hall–Kier alpha value is -0.940. The van der Waals surface area contributed by atoms with Gasteiger partial charge < -0.3 is 0 Å². The zero-order valence-electron chi connectivity index (χ0n) is 6.64. The number of nitrogens with one attached hydrogen (secondary N) is 1. The summed E-state index contributed by atoms with van der Waals surface area (Å²) in [6.45, 7) is 0.